The molecule has 0 spiro atoms. The number of pyridine rings is 1. The number of benzene rings is 1. The summed E-state index contributed by atoms with van der Waals surface area (Å²) in [6.07, 6.45) is 5.89. The van der Waals surface area contributed by atoms with Gasteiger partial charge in [-0.05, 0) is 44.9 Å². The van der Waals surface area contributed by atoms with Crippen molar-refractivity contribution < 1.29 is 9.13 Å². The average molecular weight is 325 g/mol. The third-order valence-corrected chi connectivity index (χ3v) is 4.77. The van der Waals surface area contributed by atoms with Crippen molar-refractivity contribution >= 4 is 11.0 Å². The number of ether oxygens (including phenoxy) is 1. The number of nitrogens with zero attached hydrogens (tertiary/aromatic N) is 3. The Morgan fingerprint density at radius 3 is 2.71 bits per heavy atom. The van der Waals surface area contributed by atoms with Crippen molar-refractivity contribution in [3.63, 3.8) is 0 Å². The van der Waals surface area contributed by atoms with Crippen molar-refractivity contribution in [2.75, 3.05) is 7.11 Å². The third-order valence-electron chi connectivity index (χ3n) is 4.77. The maximum atomic E-state index is 13.6. The van der Waals surface area contributed by atoms with Gasteiger partial charge in [0.1, 0.15) is 11.6 Å². The van der Waals surface area contributed by atoms with Gasteiger partial charge in [0, 0.05) is 42.7 Å². The highest BCUT2D eigenvalue weighted by Crippen LogP contribution is 2.41. The Balaban J connectivity index is 1.90. The smallest absolute Gasteiger partial charge is 0.142 e. The molecular formula is C19H20FN3O. The van der Waals surface area contributed by atoms with Crippen LogP contribution >= 0.6 is 0 Å². The van der Waals surface area contributed by atoms with Gasteiger partial charge < -0.3 is 9.30 Å². The van der Waals surface area contributed by atoms with Crippen LogP contribution in [-0.4, -0.2) is 21.6 Å². The molecule has 1 aromatic carbocycles. The number of hydrogen-bond acceptors (Lipinski definition) is 3. The number of fused-ring (bicyclic) bond motifs is 1. The molecule has 4 nitrogen and oxygen atoms in total. The lowest BCUT2D eigenvalue weighted by Crippen LogP contribution is -2.19. The summed E-state index contributed by atoms with van der Waals surface area (Å²) in [7, 11) is 1.69. The average Bonchev–Trinajstić information content (AvgIpc) is 3.35. The second-order valence-electron chi connectivity index (χ2n) is 6.85. The summed E-state index contributed by atoms with van der Waals surface area (Å²) in [5.74, 6) is 0.584. The molecule has 4 rings (SSSR count). The van der Waals surface area contributed by atoms with Crippen molar-refractivity contribution in [2.45, 2.75) is 38.3 Å². The Bertz CT molecular complexity index is 912. The summed E-state index contributed by atoms with van der Waals surface area (Å²) in [6, 6.07) is 7.31. The molecule has 0 unspecified atom stereocenters. The van der Waals surface area contributed by atoms with Crippen LogP contribution < -0.4 is 0 Å². The second kappa shape index (κ2) is 5.38. The van der Waals surface area contributed by atoms with Crippen LogP contribution in [0.5, 0.6) is 0 Å². The van der Waals surface area contributed by atoms with Crippen molar-refractivity contribution in [3.8, 4) is 11.4 Å². The standard InChI is InChI=1S/C19H20FN3O/c1-19(2,24-3)13-8-12(10-21-11-13)18-22-16-9-14(20)4-7-17(16)23(18)15-5-6-15/h4,7-11,15H,5-6H2,1-3H3. The minimum absolute atomic E-state index is 0.262. The van der Waals surface area contributed by atoms with Crippen LogP contribution in [0.3, 0.4) is 0 Å². The molecular weight excluding hydrogens is 305 g/mol. The maximum absolute atomic E-state index is 13.6. The number of imidazole rings is 1. The first-order chi connectivity index (χ1) is 11.5. The van der Waals surface area contributed by atoms with Gasteiger partial charge in [0.25, 0.3) is 0 Å². The van der Waals surface area contributed by atoms with E-state index in [1.807, 2.05) is 32.3 Å². The van der Waals surface area contributed by atoms with Crippen molar-refractivity contribution in [2.24, 2.45) is 0 Å². The van der Waals surface area contributed by atoms with E-state index in [2.05, 4.69) is 15.6 Å². The lowest BCUT2D eigenvalue weighted by molar-refractivity contribution is 0.0190. The zero-order chi connectivity index (χ0) is 16.9. The first-order valence-electron chi connectivity index (χ1n) is 8.18. The van der Waals surface area contributed by atoms with Crippen LogP contribution in [0.1, 0.15) is 38.3 Å². The van der Waals surface area contributed by atoms with E-state index in [1.165, 1.54) is 12.1 Å². The molecule has 24 heavy (non-hydrogen) atoms. The molecule has 0 aliphatic heterocycles. The van der Waals surface area contributed by atoms with E-state index in [0.29, 0.717) is 11.6 Å². The van der Waals surface area contributed by atoms with Crippen LogP contribution in [0.2, 0.25) is 0 Å². The minimum Gasteiger partial charge on any atom is -0.374 e. The van der Waals surface area contributed by atoms with E-state index in [4.69, 9.17) is 9.72 Å². The predicted molar refractivity (Wildman–Crippen MR) is 91.2 cm³/mol. The van der Waals surface area contributed by atoms with Gasteiger partial charge in [0.05, 0.1) is 16.6 Å². The fourth-order valence-corrected chi connectivity index (χ4v) is 2.99. The van der Waals surface area contributed by atoms with Gasteiger partial charge in [-0.25, -0.2) is 9.37 Å². The molecule has 3 aromatic rings. The summed E-state index contributed by atoms with van der Waals surface area (Å²) in [5, 5.41) is 0. The van der Waals surface area contributed by atoms with Gasteiger partial charge in [-0.15, -0.1) is 0 Å². The summed E-state index contributed by atoms with van der Waals surface area (Å²) < 4.78 is 21.4. The molecule has 2 aromatic heterocycles. The number of hydrogen-bond donors (Lipinski definition) is 0. The molecule has 1 fully saturated rings. The summed E-state index contributed by atoms with van der Waals surface area (Å²) >= 11 is 0. The SMILES string of the molecule is COC(C)(C)c1cncc(-c2nc3cc(F)ccc3n2C2CC2)c1. The lowest BCUT2D eigenvalue weighted by Gasteiger charge is -2.23. The Morgan fingerprint density at radius 2 is 2.00 bits per heavy atom. The van der Waals surface area contributed by atoms with Crippen molar-refractivity contribution in [1.82, 2.24) is 14.5 Å². The topological polar surface area (TPSA) is 39.9 Å². The highest BCUT2D eigenvalue weighted by molar-refractivity contribution is 5.81. The van der Waals surface area contributed by atoms with E-state index in [9.17, 15) is 4.39 Å². The fourth-order valence-electron chi connectivity index (χ4n) is 2.99. The van der Waals surface area contributed by atoms with Gasteiger partial charge >= 0.3 is 0 Å². The van der Waals surface area contributed by atoms with Gasteiger partial charge in [0.15, 0.2) is 0 Å². The lowest BCUT2D eigenvalue weighted by atomic mass is 9.98. The number of methoxy groups -OCH3 is 1. The molecule has 2 heterocycles. The van der Waals surface area contributed by atoms with E-state index < -0.39 is 5.60 Å². The minimum atomic E-state index is -0.425. The molecule has 0 N–H and O–H groups in total. The van der Waals surface area contributed by atoms with Crippen molar-refractivity contribution in [3.05, 3.63) is 48.0 Å². The van der Waals surface area contributed by atoms with Gasteiger partial charge in [-0.1, -0.05) is 0 Å². The van der Waals surface area contributed by atoms with E-state index in [-0.39, 0.29) is 5.82 Å². The first kappa shape index (κ1) is 15.3. The quantitative estimate of drug-likeness (QED) is 0.711. The summed E-state index contributed by atoms with van der Waals surface area (Å²) in [4.78, 5) is 9.07. The highest BCUT2D eigenvalue weighted by atomic mass is 19.1. The third kappa shape index (κ3) is 2.49. The van der Waals surface area contributed by atoms with E-state index in [0.717, 1.165) is 35.3 Å². The van der Waals surface area contributed by atoms with Crippen LogP contribution in [0.4, 0.5) is 4.39 Å². The molecule has 124 valence electrons. The zero-order valence-electron chi connectivity index (χ0n) is 14.1. The van der Waals surface area contributed by atoms with Crippen LogP contribution in [0.15, 0.2) is 36.7 Å². The van der Waals surface area contributed by atoms with Crippen molar-refractivity contribution in [1.29, 1.82) is 0 Å². The fraction of sp³-hybridized carbons (Fsp3) is 0.368. The predicted octanol–water partition coefficient (Wildman–Crippen LogP) is 4.45. The largest absolute Gasteiger partial charge is 0.374 e. The number of aromatic nitrogens is 3. The summed E-state index contributed by atoms with van der Waals surface area (Å²) in [6.45, 7) is 4.01. The molecule has 0 saturated heterocycles. The molecule has 0 atom stereocenters. The van der Waals surface area contributed by atoms with E-state index in [1.54, 1.807) is 7.11 Å². The first-order valence-corrected chi connectivity index (χ1v) is 8.18. The summed E-state index contributed by atoms with van der Waals surface area (Å²) in [5.41, 5.74) is 3.16. The molecule has 5 heteroatoms. The van der Waals surface area contributed by atoms with Crippen LogP contribution in [0, 0.1) is 5.82 Å². The monoisotopic (exact) mass is 325 g/mol. The van der Waals surface area contributed by atoms with E-state index >= 15 is 0 Å². The Kier molecular flexibility index (Phi) is 3.42. The van der Waals surface area contributed by atoms with Gasteiger partial charge in [-0.2, -0.15) is 0 Å². The van der Waals surface area contributed by atoms with Crippen LogP contribution in [-0.2, 0) is 10.3 Å². The number of rotatable bonds is 4. The Hall–Kier alpha value is -2.27. The molecule has 1 aliphatic rings. The Labute approximate surface area is 140 Å². The second-order valence-corrected chi connectivity index (χ2v) is 6.85. The maximum Gasteiger partial charge on any atom is 0.142 e. The molecule has 1 saturated carbocycles. The number of halogens is 1. The molecule has 1 aliphatic carbocycles. The van der Waals surface area contributed by atoms with Crippen LogP contribution in [0.25, 0.3) is 22.4 Å². The zero-order valence-corrected chi connectivity index (χ0v) is 14.1. The van der Waals surface area contributed by atoms with Gasteiger partial charge in [0.2, 0.25) is 0 Å². The van der Waals surface area contributed by atoms with Gasteiger partial charge in [-0.3, -0.25) is 4.98 Å². The normalized spacial score (nSPS) is 15.2. The molecule has 0 bridgehead atoms. The molecule has 0 amide bonds. The Morgan fingerprint density at radius 1 is 1.21 bits per heavy atom. The highest BCUT2D eigenvalue weighted by Gasteiger charge is 2.29. The molecule has 0 radical (unpaired) electrons.